The Morgan fingerprint density at radius 3 is 2.59 bits per heavy atom. The van der Waals surface area contributed by atoms with Gasteiger partial charge in [0.05, 0.1) is 18.3 Å². The van der Waals surface area contributed by atoms with Crippen LogP contribution in [-0.4, -0.2) is 11.7 Å². The van der Waals surface area contributed by atoms with Gasteiger partial charge in [-0.25, -0.2) is 4.39 Å². The third-order valence-corrected chi connectivity index (χ3v) is 3.70. The van der Waals surface area contributed by atoms with Gasteiger partial charge in [-0.2, -0.15) is 0 Å². The van der Waals surface area contributed by atoms with Gasteiger partial charge >= 0.3 is 0 Å². The van der Waals surface area contributed by atoms with Crippen LogP contribution in [0.4, 0.5) is 4.39 Å². The number of hydrogen-bond donors (Lipinski definition) is 0. The van der Waals surface area contributed by atoms with E-state index in [1.54, 1.807) is 13.2 Å². The van der Waals surface area contributed by atoms with Gasteiger partial charge in [-0.05, 0) is 31.2 Å². The number of benzene rings is 2. The maximum absolute atomic E-state index is 14.0. The first-order valence-electron chi connectivity index (χ1n) is 7.26. The van der Waals surface area contributed by atoms with Crippen molar-refractivity contribution >= 4 is 10.9 Å². The van der Waals surface area contributed by atoms with Crippen LogP contribution >= 0.6 is 0 Å². The standard InChI is InChI=1S/C18H18FNO2/c1-3-20-14(10-13-6-4-9-17(19)18(13)20)12-22-16-8-5-7-15(11-16)21-2/h4-11H,3,12H2,1-2H3. The number of ether oxygens (including phenoxy) is 2. The average molecular weight is 299 g/mol. The highest BCUT2D eigenvalue weighted by Crippen LogP contribution is 2.25. The van der Waals surface area contributed by atoms with Crippen molar-refractivity contribution in [2.24, 2.45) is 0 Å². The van der Waals surface area contributed by atoms with E-state index < -0.39 is 0 Å². The molecule has 2 aromatic carbocycles. The minimum Gasteiger partial charge on any atom is -0.497 e. The summed E-state index contributed by atoms with van der Waals surface area (Å²) in [5.74, 6) is 1.28. The molecule has 22 heavy (non-hydrogen) atoms. The van der Waals surface area contributed by atoms with Crippen LogP contribution in [-0.2, 0) is 13.2 Å². The van der Waals surface area contributed by atoms with Gasteiger partial charge in [0.15, 0.2) is 0 Å². The first-order chi connectivity index (χ1) is 10.7. The molecular formula is C18H18FNO2. The van der Waals surface area contributed by atoms with Crippen LogP contribution in [0.25, 0.3) is 10.9 Å². The Balaban J connectivity index is 1.89. The minimum atomic E-state index is -0.202. The number of aryl methyl sites for hydroxylation is 1. The lowest BCUT2D eigenvalue weighted by atomic mass is 10.2. The van der Waals surface area contributed by atoms with E-state index in [2.05, 4.69) is 0 Å². The third kappa shape index (κ3) is 2.64. The number of fused-ring (bicyclic) bond motifs is 1. The summed E-state index contributed by atoms with van der Waals surface area (Å²) in [4.78, 5) is 0. The van der Waals surface area contributed by atoms with Crippen molar-refractivity contribution in [1.29, 1.82) is 0 Å². The van der Waals surface area contributed by atoms with Crippen LogP contribution in [0.5, 0.6) is 11.5 Å². The zero-order chi connectivity index (χ0) is 15.5. The zero-order valence-electron chi connectivity index (χ0n) is 12.7. The molecule has 0 aliphatic carbocycles. The molecule has 0 aliphatic heterocycles. The van der Waals surface area contributed by atoms with Gasteiger partial charge in [0.1, 0.15) is 23.9 Å². The van der Waals surface area contributed by atoms with Crippen molar-refractivity contribution in [3.8, 4) is 11.5 Å². The van der Waals surface area contributed by atoms with Crippen molar-refractivity contribution in [2.45, 2.75) is 20.1 Å². The van der Waals surface area contributed by atoms with Gasteiger partial charge in [-0.1, -0.05) is 18.2 Å². The van der Waals surface area contributed by atoms with Crippen LogP contribution in [0.1, 0.15) is 12.6 Å². The molecule has 0 amide bonds. The Morgan fingerprint density at radius 2 is 1.82 bits per heavy atom. The average Bonchev–Trinajstić information content (AvgIpc) is 2.92. The Labute approximate surface area is 128 Å². The molecule has 114 valence electrons. The molecule has 3 nitrogen and oxygen atoms in total. The largest absolute Gasteiger partial charge is 0.497 e. The van der Waals surface area contributed by atoms with E-state index in [0.29, 0.717) is 18.7 Å². The third-order valence-electron chi connectivity index (χ3n) is 3.70. The molecular weight excluding hydrogens is 281 g/mol. The van der Waals surface area contributed by atoms with Gasteiger partial charge in [0.25, 0.3) is 0 Å². The molecule has 0 spiro atoms. The molecule has 4 heteroatoms. The van der Waals surface area contributed by atoms with Gasteiger partial charge in [-0.3, -0.25) is 0 Å². The Bertz CT molecular complexity index is 795. The SMILES string of the molecule is CCn1c(COc2cccc(OC)c2)cc2cccc(F)c21. The fourth-order valence-electron chi connectivity index (χ4n) is 2.66. The predicted molar refractivity (Wildman–Crippen MR) is 84.9 cm³/mol. The summed E-state index contributed by atoms with van der Waals surface area (Å²) in [7, 11) is 1.62. The number of nitrogens with zero attached hydrogens (tertiary/aromatic N) is 1. The Morgan fingerprint density at radius 1 is 1.05 bits per heavy atom. The van der Waals surface area contributed by atoms with Gasteiger partial charge in [-0.15, -0.1) is 0 Å². The summed E-state index contributed by atoms with van der Waals surface area (Å²) >= 11 is 0. The van der Waals surface area contributed by atoms with Crippen LogP contribution in [0.2, 0.25) is 0 Å². The summed E-state index contributed by atoms with van der Waals surface area (Å²) in [6.45, 7) is 3.08. The topological polar surface area (TPSA) is 23.4 Å². The highest BCUT2D eigenvalue weighted by Gasteiger charge is 2.11. The molecule has 1 heterocycles. The summed E-state index contributed by atoms with van der Waals surface area (Å²) in [5.41, 5.74) is 1.58. The Hall–Kier alpha value is -2.49. The molecule has 1 aromatic heterocycles. The molecule has 3 rings (SSSR count). The zero-order valence-corrected chi connectivity index (χ0v) is 12.7. The summed E-state index contributed by atoms with van der Waals surface area (Å²) in [6.07, 6.45) is 0. The van der Waals surface area contributed by atoms with E-state index in [4.69, 9.17) is 9.47 Å². The molecule has 0 bridgehead atoms. The van der Waals surface area contributed by atoms with E-state index >= 15 is 0 Å². The van der Waals surface area contributed by atoms with Crippen molar-refractivity contribution in [3.63, 3.8) is 0 Å². The molecule has 0 N–H and O–H groups in total. The van der Waals surface area contributed by atoms with Crippen molar-refractivity contribution < 1.29 is 13.9 Å². The van der Waals surface area contributed by atoms with E-state index in [9.17, 15) is 4.39 Å². The first kappa shape index (κ1) is 14.4. The summed E-state index contributed by atoms with van der Waals surface area (Å²) < 4.78 is 27.0. The second kappa shape index (κ2) is 6.10. The molecule has 0 fully saturated rings. The first-order valence-corrected chi connectivity index (χ1v) is 7.26. The lowest BCUT2D eigenvalue weighted by Crippen LogP contribution is -2.05. The van der Waals surface area contributed by atoms with Crippen LogP contribution in [0, 0.1) is 5.82 Å². The van der Waals surface area contributed by atoms with Gasteiger partial charge < -0.3 is 14.0 Å². The lowest BCUT2D eigenvalue weighted by Gasteiger charge is -2.11. The molecule has 3 aromatic rings. The minimum absolute atomic E-state index is 0.202. The summed E-state index contributed by atoms with van der Waals surface area (Å²) in [6, 6.07) is 14.6. The van der Waals surface area contributed by atoms with E-state index in [0.717, 1.165) is 22.6 Å². The summed E-state index contributed by atoms with van der Waals surface area (Å²) in [5, 5.41) is 0.895. The molecule has 0 aliphatic rings. The van der Waals surface area contributed by atoms with E-state index in [-0.39, 0.29) is 5.82 Å². The second-order valence-electron chi connectivity index (χ2n) is 5.03. The second-order valence-corrected chi connectivity index (χ2v) is 5.03. The van der Waals surface area contributed by atoms with Crippen LogP contribution in [0.3, 0.4) is 0 Å². The van der Waals surface area contributed by atoms with Gasteiger partial charge in [0, 0.05) is 18.0 Å². The molecule has 0 radical (unpaired) electrons. The van der Waals surface area contributed by atoms with Crippen LogP contribution in [0.15, 0.2) is 48.5 Å². The smallest absolute Gasteiger partial charge is 0.147 e. The number of halogens is 1. The fraction of sp³-hybridized carbons (Fsp3) is 0.222. The Kier molecular flexibility index (Phi) is 4.00. The maximum Gasteiger partial charge on any atom is 0.147 e. The quantitative estimate of drug-likeness (QED) is 0.697. The van der Waals surface area contributed by atoms with Gasteiger partial charge in [0.2, 0.25) is 0 Å². The number of para-hydroxylation sites is 1. The predicted octanol–water partition coefficient (Wildman–Crippen LogP) is 4.39. The highest BCUT2D eigenvalue weighted by molar-refractivity contribution is 5.81. The van der Waals surface area contributed by atoms with Crippen molar-refractivity contribution in [1.82, 2.24) is 4.57 Å². The number of hydrogen-bond acceptors (Lipinski definition) is 2. The highest BCUT2D eigenvalue weighted by atomic mass is 19.1. The van der Waals surface area contributed by atoms with E-state index in [1.165, 1.54) is 6.07 Å². The maximum atomic E-state index is 14.0. The monoisotopic (exact) mass is 299 g/mol. The number of methoxy groups -OCH3 is 1. The molecule has 0 atom stereocenters. The van der Waals surface area contributed by atoms with E-state index in [1.807, 2.05) is 47.9 Å². The normalized spacial score (nSPS) is 10.9. The lowest BCUT2D eigenvalue weighted by molar-refractivity contribution is 0.294. The number of aromatic nitrogens is 1. The van der Waals surface area contributed by atoms with Crippen molar-refractivity contribution in [3.05, 3.63) is 60.0 Å². The van der Waals surface area contributed by atoms with Crippen LogP contribution < -0.4 is 9.47 Å². The molecule has 0 saturated heterocycles. The van der Waals surface area contributed by atoms with Crippen molar-refractivity contribution in [2.75, 3.05) is 7.11 Å². The molecule has 0 saturated carbocycles. The fourth-order valence-corrected chi connectivity index (χ4v) is 2.66. The molecule has 0 unspecified atom stereocenters. The number of rotatable bonds is 5.